The second kappa shape index (κ2) is 4.83. The van der Waals surface area contributed by atoms with Crippen LogP contribution in [0, 0.1) is 5.82 Å². The number of methoxy groups -OCH3 is 1. The van der Waals surface area contributed by atoms with Crippen LogP contribution in [0.25, 0.3) is 11.3 Å². The molecule has 0 radical (unpaired) electrons. The molecule has 1 N–H and O–H groups in total. The largest absolute Gasteiger partial charge is 0.494 e. The third-order valence-corrected chi connectivity index (χ3v) is 2.48. The van der Waals surface area contributed by atoms with E-state index in [1.807, 2.05) is 0 Å². The quantitative estimate of drug-likeness (QED) is 0.905. The van der Waals surface area contributed by atoms with Crippen LogP contribution in [0.1, 0.15) is 10.4 Å². The maximum Gasteiger partial charge on any atom is 0.337 e. The van der Waals surface area contributed by atoms with E-state index in [1.54, 1.807) is 6.07 Å². The lowest BCUT2D eigenvalue weighted by atomic mass is 10.0. The van der Waals surface area contributed by atoms with E-state index >= 15 is 0 Å². The van der Waals surface area contributed by atoms with Gasteiger partial charge in [0.05, 0.1) is 18.4 Å². The van der Waals surface area contributed by atoms with Gasteiger partial charge in [0.1, 0.15) is 0 Å². The van der Waals surface area contributed by atoms with Gasteiger partial charge in [-0.05, 0) is 24.3 Å². The van der Waals surface area contributed by atoms with Crippen LogP contribution in [0.3, 0.4) is 0 Å². The molecule has 0 aliphatic heterocycles. The van der Waals surface area contributed by atoms with E-state index < -0.39 is 11.8 Å². The molecule has 18 heavy (non-hydrogen) atoms. The SMILES string of the molecule is COc1cccc(-c2ncccc2C(=O)O)c1F. The smallest absolute Gasteiger partial charge is 0.337 e. The fourth-order valence-corrected chi connectivity index (χ4v) is 1.64. The third kappa shape index (κ3) is 2.02. The van der Waals surface area contributed by atoms with Gasteiger partial charge in [-0.25, -0.2) is 9.18 Å². The molecule has 0 saturated carbocycles. The number of carboxylic acids is 1. The Bertz CT molecular complexity index is 599. The Morgan fingerprint density at radius 1 is 1.33 bits per heavy atom. The first kappa shape index (κ1) is 12.0. The summed E-state index contributed by atoms with van der Waals surface area (Å²) in [6.45, 7) is 0. The molecular weight excluding hydrogens is 237 g/mol. The van der Waals surface area contributed by atoms with Gasteiger partial charge >= 0.3 is 5.97 Å². The fourth-order valence-electron chi connectivity index (χ4n) is 1.64. The monoisotopic (exact) mass is 247 g/mol. The Morgan fingerprint density at radius 2 is 2.11 bits per heavy atom. The number of aromatic nitrogens is 1. The van der Waals surface area contributed by atoms with Gasteiger partial charge in [0.2, 0.25) is 0 Å². The molecule has 5 heteroatoms. The van der Waals surface area contributed by atoms with Crippen molar-refractivity contribution in [2.24, 2.45) is 0 Å². The van der Waals surface area contributed by atoms with E-state index in [9.17, 15) is 9.18 Å². The number of nitrogens with zero attached hydrogens (tertiary/aromatic N) is 1. The molecule has 2 aromatic rings. The van der Waals surface area contributed by atoms with Crippen LogP contribution >= 0.6 is 0 Å². The maximum absolute atomic E-state index is 14.0. The molecule has 0 aliphatic carbocycles. The van der Waals surface area contributed by atoms with E-state index in [-0.39, 0.29) is 22.6 Å². The minimum Gasteiger partial charge on any atom is -0.494 e. The summed E-state index contributed by atoms with van der Waals surface area (Å²) in [5.41, 5.74) is 0.137. The number of pyridine rings is 1. The van der Waals surface area contributed by atoms with Gasteiger partial charge in [-0.2, -0.15) is 0 Å². The summed E-state index contributed by atoms with van der Waals surface area (Å²) in [7, 11) is 1.35. The summed E-state index contributed by atoms with van der Waals surface area (Å²) in [6, 6.07) is 7.38. The molecule has 1 aromatic heterocycles. The molecule has 0 saturated heterocycles. The number of hydrogen-bond acceptors (Lipinski definition) is 3. The standard InChI is InChI=1S/C13H10FNO3/c1-18-10-6-2-4-8(11(10)14)12-9(13(16)17)5-3-7-15-12/h2-7H,1H3,(H,16,17). The molecule has 0 bridgehead atoms. The van der Waals surface area contributed by atoms with Crippen LogP contribution in [0.15, 0.2) is 36.5 Å². The van der Waals surface area contributed by atoms with Crippen molar-refractivity contribution >= 4 is 5.97 Å². The van der Waals surface area contributed by atoms with Crippen molar-refractivity contribution in [1.82, 2.24) is 4.98 Å². The molecule has 0 aliphatic rings. The van der Waals surface area contributed by atoms with Crippen LogP contribution in [0.2, 0.25) is 0 Å². The molecule has 0 fully saturated rings. The molecule has 0 spiro atoms. The first-order chi connectivity index (χ1) is 8.65. The molecule has 0 unspecified atom stereocenters. The zero-order chi connectivity index (χ0) is 13.1. The zero-order valence-electron chi connectivity index (χ0n) is 9.55. The Kier molecular flexibility index (Phi) is 3.23. The summed E-state index contributed by atoms with van der Waals surface area (Å²) in [4.78, 5) is 15.0. The van der Waals surface area contributed by atoms with Gasteiger partial charge in [-0.3, -0.25) is 4.98 Å². The van der Waals surface area contributed by atoms with Gasteiger partial charge < -0.3 is 9.84 Å². The minimum absolute atomic E-state index is 0.0505. The lowest BCUT2D eigenvalue weighted by Crippen LogP contribution is -2.02. The zero-order valence-corrected chi connectivity index (χ0v) is 9.55. The molecule has 0 amide bonds. The molecule has 2 rings (SSSR count). The predicted octanol–water partition coefficient (Wildman–Crippen LogP) is 2.59. The third-order valence-electron chi connectivity index (χ3n) is 2.48. The van der Waals surface area contributed by atoms with Crippen molar-refractivity contribution in [3.05, 3.63) is 47.9 Å². The van der Waals surface area contributed by atoms with Crippen molar-refractivity contribution in [3.63, 3.8) is 0 Å². The highest BCUT2D eigenvalue weighted by Gasteiger charge is 2.17. The summed E-state index contributed by atoms with van der Waals surface area (Å²) >= 11 is 0. The highest BCUT2D eigenvalue weighted by molar-refractivity contribution is 5.94. The Balaban J connectivity index is 2.66. The maximum atomic E-state index is 14.0. The first-order valence-corrected chi connectivity index (χ1v) is 5.16. The Hall–Kier alpha value is -2.43. The molecule has 1 aromatic carbocycles. The number of hydrogen-bond donors (Lipinski definition) is 1. The Labute approximate surface area is 103 Å². The van der Waals surface area contributed by atoms with Crippen LogP contribution in [0.5, 0.6) is 5.75 Å². The lowest BCUT2D eigenvalue weighted by Gasteiger charge is -2.08. The summed E-state index contributed by atoms with van der Waals surface area (Å²) in [5.74, 6) is -1.73. The number of carbonyl (C=O) groups is 1. The van der Waals surface area contributed by atoms with Crippen molar-refractivity contribution in [3.8, 4) is 17.0 Å². The highest BCUT2D eigenvalue weighted by Crippen LogP contribution is 2.29. The second-order valence-electron chi connectivity index (χ2n) is 3.53. The average molecular weight is 247 g/mol. The van der Waals surface area contributed by atoms with E-state index in [4.69, 9.17) is 9.84 Å². The van der Waals surface area contributed by atoms with Crippen molar-refractivity contribution < 1.29 is 19.0 Å². The highest BCUT2D eigenvalue weighted by atomic mass is 19.1. The van der Waals surface area contributed by atoms with E-state index in [1.165, 1.54) is 37.6 Å². The molecule has 4 nitrogen and oxygen atoms in total. The van der Waals surface area contributed by atoms with Crippen LogP contribution in [-0.2, 0) is 0 Å². The summed E-state index contributed by atoms with van der Waals surface area (Å²) in [5, 5.41) is 9.05. The molecule has 92 valence electrons. The lowest BCUT2D eigenvalue weighted by molar-refractivity contribution is 0.0697. The summed E-state index contributed by atoms with van der Waals surface area (Å²) < 4.78 is 18.9. The molecule has 0 atom stereocenters. The van der Waals surface area contributed by atoms with Gasteiger partial charge in [0.15, 0.2) is 11.6 Å². The van der Waals surface area contributed by atoms with Gasteiger partial charge in [0, 0.05) is 11.8 Å². The number of carboxylic acid groups (broad SMARTS) is 1. The van der Waals surface area contributed by atoms with Gasteiger partial charge in [-0.1, -0.05) is 6.07 Å². The normalized spacial score (nSPS) is 10.1. The predicted molar refractivity (Wildman–Crippen MR) is 63.1 cm³/mol. The number of rotatable bonds is 3. The minimum atomic E-state index is -1.15. The van der Waals surface area contributed by atoms with Crippen LogP contribution in [0.4, 0.5) is 4.39 Å². The number of halogens is 1. The fraction of sp³-hybridized carbons (Fsp3) is 0.0769. The van der Waals surface area contributed by atoms with Crippen LogP contribution < -0.4 is 4.74 Å². The first-order valence-electron chi connectivity index (χ1n) is 5.16. The van der Waals surface area contributed by atoms with Crippen LogP contribution in [-0.4, -0.2) is 23.2 Å². The van der Waals surface area contributed by atoms with Crippen molar-refractivity contribution in [2.45, 2.75) is 0 Å². The number of ether oxygens (including phenoxy) is 1. The van der Waals surface area contributed by atoms with E-state index in [0.717, 1.165) is 0 Å². The topological polar surface area (TPSA) is 59.4 Å². The summed E-state index contributed by atoms with van der Waals surface area (Å²) in [6.07, 6.45) is 1.42. The van der Waals surface area contributed by atoms with Crippen molar-refractivity contribution in [2.75, 3.05) is 7.11 Å². The number of aromatic carboxylic acids is 1. The molecular formula is C13H10FNO3. The van der Waals surface area contributed by atoms with Crippen molar-refractivity contribution in [1.29, 1.82) is 0 Å². The van der Waals surface area contributed by atoms with E-state index in [2.05, 4.69) is 4.98 Å². The van der Waals surface area contributed by atoms with E-state index in [0.29, 0.717) is 0 Å². The molecule has 1 heterocycles. The Morgan fingerprint density at radius 3 is 2.78 bits per heavy atom. The van der Waals surface area contributed by atoms with Gasteiger partial charge in [0.25, 0.3) is 0 Å². The number of benzene rings is 1. The average Bonchev–Trinajstić information content (AvgIpc) is 2.39. The second-order valence-corrected chi connectivity index (χ2v) is 3.53. The van der Waals surface area contributed by atoms with Gasteiger partial charge in [-0.15, -0.1) is 0 Å².